The molecule has 0 aliphatic heterocycles. The van der Waals surface area contributed by atoms with Gasteiger partial charge in [0.2, 0.25) is 0 Å². The van der Waals surface area contributed by atoms with Crippen molar-refractivity contribution in [2.24, 2.45) is 5.92 Å². The van der Waals surface area contributed by atoms with Crippen molar-refractivity contribution < 1.29 is 4.74 Å². The summed E-state index contributed by atoms with van der Waals surface area (Å²) in [7, 11) is 0. The second-order valence-corrected chi connectivity index (χ2v) is 6.33. The highest BCUT2D eigenvalue weighted by Crippen LogP contribution is 2.30. The van der Waals surface area contributed by atoms with E-state index >= 15 is 0 Å². The molecule has 1 atom stereocenters. The number of H-pyrrole nitrogens is 1. The molecular weight excluding hydrogens is 296 g/mol. The maximum absolute atomic E-state index is 6.18. The molecule has 1 heterocycles. The molecule has 1 unspecified atom stereocenters. The minimum absolute atomic E-state index is 0.619. The Morgan fingerprint density at radius 2 is 1.83 bits per heavy atom. The highest BCUT2D eigenvalue weighted by Gasteiger charge is 2.12. The third kappa shape index (κ3) is 3.78. The molecule has 24 heavy (non-hydrogen) atoms. The van der Waals surface area contributed by atoms with Gasteiger partial charge in [0.1, 0.15) is 11.6 Å². The molecule has 3 rings (SSSR count). The number of aromatic amines is 1. The van der Waals surface area contributed by atoms with E-state index in [1.807, 2.05) is 42.5 Å². The number of benzene rings is 2. The van der Waals surface area contributed by atoms with Crippen molar-refractivity contribution in [3.8, 4) is 17.1 Å². The van der Waals surface area contributed by atoms with Gasteiger partial charge in [-0.25, -0.2) is 4.98 Å². The van der Waals surface area contributed by atoms with Crippen LogP contribution >= 0.6 is 0 Å². The van der Waals surface area contributed by atoms with Crippen LogP contribution in [0.3, 0.4) is 0 Å². The van der Waals surface area contributed by atoms with Crippen LogP contribution in [0.5, 0.6) is 5.75 Å². The number of unbranched alkanes of at least 4 members (excludes halogenated alkanes) is 1. The van der Waals surface area contributed by atoms with Crippen molar-refractivity contribution in [1.29, 1.82) is 0 Å². The lowest BCUT2D eigenvalue weighted by atomic mass is 10.0. The van der Waals surface area contributed by atoms with Gasteiger partial charge in [-0.3, -0.25) is 0 Å². The highest BCUT2D eigenvalue weighted by atomic mass is 16.5. The van der Waals surface area contributed by atoms with Crippen LogP contribution in [0.4, 0.5) is 0 Å². The van der Waals surface area contributed by atoms with Crippen molar-refractivity contribution in [1.82, 2.24) is 9.97 Å². The molecule has 1 aromatic heterocycles. The van der Waals surface area contributed by atoms with Gasteiger partial charge in [-0.05, 0) is 36.6 Å². The van der Waals surface area contributed by atoms with Gasteiger partial charge in [0.25, 0.3) is 0 Å². The number of nitrogens with zero attached hydrogens (tertiary/aromatic N) is 1. The van der Waals surface area contributed by atoms with E-state index in [1.54, 1.807) is 0 Å². The minimum atomic E-state index is 0.619. The Hall–Kier alpha value is -2.29. The number of rotatable bonds is 8. The standard InChI is InChI=1S/C21H26N2O/c1-3-5-10-16(4-2)15-24-20-14-9-6-11-17(20)21-22-18-12-7-8-13-19(18)23-21/h6-9,11-14,16H,3-5,10,15H2,1-2H3,(H,22,23). The maximum atomic E-state index is 6.18. The Morgan fingerprint density at radius 1 is 1.04 bits per heavy atom. The zero-order valence-corrected chi connectivity index (χ0v) is 14.6. The molecule has 0 spiro atoms. The molecule has 0 bridgehead atoms. The van der Waals surface area contributed by atoms with Gasteiger partial charge in [0.05, 0.1) is 23.2 Å². The van der Waals surface area contributed by atoms with Crippen LogP contribution in [0.2, 0.25) is 0 Å². The minimum Gasteiger partial charge on any atom is -0.493 e. The third-order valence-corrected chi connectivity index (χ3v) is 4.55. The van der Waals surface area contributed by atoms with Crippen LogP contribution in [-0.2, 0) is 0 Å². The fraction of sp³-hybridized carbons (Fsp3) is 0.381. The van der Waals surface area contributed by atoms with Gasteiger partial charge in [-0.1, -0.05) is 57.4 Å². The van der Waals surface area contributed by atoms with Gasteiger partial charge in [0, 0.05) is 0 Å². The topological polar surface area (TPSA) is 37.9 Å². The monoisotopic (exact) mass is 322 g/mol. The van der Waals surface area contributed by atoms with Gasteiger partial charge in [0.15, 0.2) is 0 Å². The van der Waals surface area contributed by atoms with Crippen molar-refractivity contribution in [3.63, 3.8) is 0 Å². The lowest BCUT2D eigenvalue weighted by Crippen LogP contribution is -2.11. The first kappa shape index (κ1) is 16.6. The van der Waals surface area contributed by atoms with Crippen molar-refractivity contribution in [2.45, 2.75) is 39.5 Å². The lowest BCUT2D eigenvalue weighted by molar-refractivity contribution is 0.234. The van der Waals surface area contributed by atoms with E-state index in [0.29, 0.717) is 5.92 Å². The van der Waals surface area contributed by atoms with Crippen molar-refractivity contribution in [2.75, 3.05) is 6.61 Å². The second kappa shape index (κ2) is 8.00. The molecule has 0 fully saturated rings. The van der Waals surface area contributed by atoms with Crippen LogP contribution < -0.4 is 4.74 Å². The summed E-state index contributed by atoms with van der Waals surface area (Å²) in [5, 5.41) is 0. The van der Waals surface area contributed by atoms with E-state index in [-0.39, 0.29) is 0 Å². The molecule has 126 valence electrons. The first-order chi connectivity index (χ1) is 11.8. The predicted octanol–water partition coefficient (Wildman–Crippen LogP) is 5.83. The summed E-state index contributed by atoms with van der Waals surface area (Å²) >= 11 is 0. The average molecular weight is 322 g/mol. The molecule has 0 aliphatic carbocycles. The van der Waals surface area contributed by atoms with E-state index < -0.39 is 0 Å². The molecule has 0 saturated carbocycles. The summed E-state index contributed by atoms with van der Waals surface area (Å²) in [6, 6.07) is 16.3. The van der Waals surface area contributed by atoms with E-state index in [1.165, 1.54) is 19.3 Å². The molecule has 3 nitrogen and oxygen atoms in total. The van der Waals surface area contributed by atoms with Gasteiger partial charge < -0.3 is 9.72 Å². The Balaban J connectivity index is 1.80. The molecule has 3 aromatic rings. The van der Waals surface area contributed by atoms with E-state index in [2.05, 4.69) is 24.9 Å². The van der Waals surface area contributed by atoms with Gasteiger partial charge in [-0.2, -0.15) is 0 Å². The maximum Gasteiger partial charge on any atom is 0.142 e. The molecule has 0 saturated heterocycles. The number of hydrogen-bond donors (Lipinski definition) is 1. The van der Waals surface area contributed by atoms with Crippen molar-refractivity contribution in [3.05, 3.63) is 48.5 Å². The number of para-hydroxylation sites is 3. The Kier molecular flexibility index (Phi) is 5.52. The van der Waals surface area contributed by atoms with Crippen LogP contribution in [0.25, 0.3) is 22.4 Å². The molecule has 0 aliphatic rings. The number of fused-ring (bicyclic) bond motifs is 1. The largest absolute Gasteiger partial charge is 0.493 e. The number of aromatic nitrogens is 2. The zero-order chi connectivity index (χ0) is 16.8. The zero-order valence-electron chi connectivity index (χ0n) is 14.6. The number of ether oxygens (including phenoxy) is 1. The van der Waals surface area contributed by atoms with E-state index in [4.69, 9.17) is 9.72 Å². The summed E-state index contributed by atoms with van der Waals surface area (Å²) in [5.41, 5.74) is 3.06. The Labute approximate surface area is 144 Å². The quantitative estimate of drug-likeness (QED) is 0.567. The van der Waals surface area contributed by atoms with Gasteiger partial charge >= 0.3 is 0 Å². The first-order valence-corrected chi connectivity index (χ1v) is 8.98. The second-order valence-electron chi connectivity index (χ2n) is 6.33. The van der Waals surface area contributed by atoms with Crippen molar-refractivity contribution >= 4 is 11.0 Å². The number of hydrogen-bond acceptors (Lipinski definition) is 2. The molecule has 1 N–H and O–H groups in total. The number of imidazole rings is 1. The molecule has 0 radical (unpaired) electrons. The van der Waals surface area contributed by atoms with E-state index in [0.717, 1.165) is 41.2 Å². The Morgan fingerprint density at radius 3 is 2.62 bits per heavy atom. The van der Waals surface area contributed by atoms with Crippen LogP contribution in [0, 0.1) is 5.92 Å². The fourth-order valence-corrected chi connectivity index (χ4v) is 2.97. The predicted molar refractivity (Wildman–Crippen MR) is 100 cm³/mol. The summed E-state index contributed by atoms with van der Waals surface area (Å²) < 4.78 is 6.18. The third-order valence-electron chi connectivity index (χ3n) is 4.55. The summed E-state index contributed by atoms with van der Waals surface area (Å²) in [5.74, 6) is 2.40. The fourth-order valence-electron chi connectivity index (χ4n) is 2.97. The molecule has 0 amide bonds. The first-order valence-electron chi connectivity index (χ1n) is 8.98. The summed E-state index contributed by atoms with van der Waals surface area (Å²) in [4.78, 5) is 8.10. The van der Waals surface area contributed by atoms with Crippen LogP contribution in [-0.4, -0.2) is 16.6 Å². The van der Waals surface area contributed by atoms with Crippen LogP contribution in [0.15, 0.2) is 48.5 Å². The van der Waals surface area contributed by atoms with E-state index in [9.17, 15) is 0 Å². The highest BCUT2D eigenvalue weighted by molar-refractivity contribution is 5.80. The normalized spacial score (nSPS) is 12.4. The molecule has 2 aromatic carbocycles. The average Bonchev–Trinajstić information content (AvgIpc) is 3.06. The van der Waals surface area contributed by atoms with Crippen LogP contribution in [0.1, 0.15) is 39.5 Å². The summed E-state index contributed by atoms with van der Waals surface area (Å²) in [6.07, 6.45) is 4.91. The molecular formula is C21H26N2O. The molecule has 3 heteroatoms. The SMILES string of the molecule is CCCCC(CC)COc1ccccc1-c1nc2ccccc2[nH]1. The smallest absolute Gasteiger partial charge is 0.142 e. The lowest BCUT2D eigenvalue weighted by Gasteiger charge is -2.17. The van der Waals surface area contributed by atoms with Gasteiger partial charge in [-0.15, -0.1) is 0 Å². The summed E-state index contributed by atoms with van der Waals surface area (Å²) in [6.45, 7) is 5.26. The number of nitrogens with one attached hydrogen (secondary N) is 1. The Bertz CT molecular complexity index is 745.